The van der Waals surface area contributed by atoms with Crippen molar-refractivity contribution in [3.8, 4) is 0 Å². The quantitative estimate of drug-likeness (QED) is 0.734. The number of carbonyl (C=O) groups is 1. The largest absolute Gasteiger partial charge is 0.381 e. The predicted molar refractivity (Wildman–Crippen MR) is 68.6 cm³/mol. The average Bonchev–Trinajstić information content (AvgIpc) is 2.34. The lowest BCUT2D eigenvalue weighted by molar-refractivity contribution is -0.125. The first-order valence-electron chi connectivity index (χ1n) is 6.69. The van der Waals surface area contributed by atoms with E-state index < -0.39 is 0 Å². The first-order chi connectivity index (χ1) is 8.13. The van der Waals surface area contributed by atoms with Gasteiger partial charge in [0.25, 0.3) is 0 Å². The molecule has 4 nitrogen and oxygen atoms in total. The van der Waals surface area contributed by atoms with E-state index in [4.69, 9.17) is 10.5 Å². The summed E-state index contributed by atoms with van der Waals surface area (Å²) in [5.41, 5.74) is 5.65. The maximum Gasteiger partial charge on any atom is 0.224 e. The molecule has 0 spiro atoms. The zero-order valence-corrected chi connectivity index (χ0v) is 11.1. The summed E-state index contributed by atoms with van der Waals surface area (Å²) in [5, 5.41) is 3.03. The summed E-state index contributed by atoms with van der Waals surface area (Å²) in [6.45, 7) is 7.11. The van der Waals surface area contributed by atoms with Crippen molar-refractivity contribution in [1.29, 1.82) is 0 Å². The molecule has 0 saturated carbocycles. The van der Waals surface area contributed by atoms with E-state index in [1.807, 2.05) is 0 Å². The second-order valence-corrected chi connectivity index (χ2v) is 5.36. The Hall–Kier alpha value is -0.610. The standard InChI is InChI=1S/C13H26N2O2/c1-10(2)7-12(8-14)13(16)15-9-11-3-5-17-6-4-11/h10-12H,3-9,14H2,1-2H3,(H,15,16). The van der Waals surface area contributed by atoms with Gasteiger partial charge in [-0.25, -0.2) is 0 Å². The lowest BCUT2D eigenvalue weighted by atomic mass is 9.95. The fraction of sp³-hybridized carbons (Fsp3) is 0.923. The number of nitrogens with two attached hydrogens (primary N) is 1. The van der Waals surface area contributed by atoms with E-state index in [-0.39, 0.29) is 11.8 Å². The lowest BCUT2D eigenvalue weighted by Crippen LogP contribution is -2.39. The van der Waals surface area contributed by atoms with Gasteiger partial charge in [-0.15, -0.1) is 0 Å². The van der Waals surface area contributed by atoms with Crippen molar-refractivity contribution >= 4 is 5.91 Å². The second-order valence-electron chi connectivity index (χ2n) is 5.36. The third kappa shape index (κ3) is 5.50. The summed E-state index contributed by atoms with van der Waals surface area (Å²) in [6.07, 6.45) is 2.98. The van der Waals surface area contributed by atoms with Crippen LogP contribution in [0.3, 0.4) is 0 Å². The van der Waals surface area contributed by atoms with Gasteiger partial charge in [-0.05, 0) is 31.1 Å². The van der Waals surface area contributed by atoms with Gasteiger partial charge in [0.05, 0.1) is 5.92 Å². The highest BCUT2D eigenvalue weighted by atomic mass is 16.5. The normalized spacial score (nSPS) is 19.3. The molecule has 0 bridgehead atoms. The van der Waals surface area contributed by atoms with Crippen LogP contribution in [-0.4, -0.2) is 32.2 Å². The van der Waals surface area contributed by atoms with Crippen LogP contribution in [0.5, 0.6) is 0 Å². The summed E-state index contributed by atoms with van der Waals surface area (Å²) in [4.78, 5) is 11.9. The molecular weight excluding hydrogens is 216 g/mol. The van der Waals surface area contributed by atoms with Crippen LogP contribution in [0.25, 0.3) is 0 Å². The molecule has 1 fully saturated rings. The molecule has 1 atom stereocenters. The Labute approximate surface area is 104 Å². The van der Waals surface area contributed by atoms with E-state index in [0.29, 0.717) is 18.4 Å². The number of amides is 1. The molecule has 0 radical (unpaired) electrons. The van der Waals surface area contributed by atoms with E-state index in [0.717, 1.165) is 39.0 Å². The number of rotatable bonds is 6. The summed E-state index contributed by atoms with van der Waals surface area (Å²) in [7, 11) is 0. The Balaban J connectivity index is 2.26. The number of nitrogens with one attached hydrogen (secondary N) is 1. The second kappa shape index (κ2) is 7.67. The molecule has 100 valence electrons. The van der Waals surface area contributed by atoms with Crippen molar-refractivity contribution in [2.45, 2.75) is 33.1 Å². The topological polar surface area (TPSA) is 64.4 Å². The minimum Gasteiger partial charge on any atom is -0.381 e. The van der Waals surface area contributed by atoms with Crippen LogP contribution in [0.15, 0.2) is 0 Å². The van der Waals surface area contributed by atoms with E-state index in [1.54, 1.807) is 0 Å². The molecule has 17 heavy (non-hydrogen) atoms. The van der Waals surface area contributed by atoms with Crippen LogP contribution in [0, 0.1) is 17.8 Å². The van der Waals surface area contributed by atoms with Crippen molar-refractivity contribution in [3.63, 3.8) is 0 Å². The van der Waals surface area contributed by atoms with Crippen LogP contribution in [-0.2, 0) is 9.53 Å². The van der Waals surface area contributed by atoms with E-state index in [2.05, 4.69) is 19.2 Å². The van der Waals surface area contributed by atoms with Gasteiger partial charge in [-0.1, -0.05) is 13.8 Å². The molecule has 4 heteroatoms. The third-order valence-electron chi connectivity index (χ3n) is 3.32. The van der Waals surface area contributed by atoms with Gasteiger partial charge in [0, 0.05) is 26.3 Å². The number of ether oxygens (including phenoxy) is 1. The summed E-state index contributed by atoms with van der Waals surface area (Å²) in [6, 6.07) is 0. The maximum absolute atomic E-state index is 11.9. The van der Waals surface area contributed by atoms with Crippen molar-refractivity contribution in [3.05, 3.63) is 0 Å². The molecule has 0 aromatic rings. The van der Waals surface area contributed by atoms with Gasteiger partial charge in [0.15, 0.2) is 0 Å². The van der Waals surface area contributed by atoms with Crippen LogP contribution < -0.4 is 11.1 Å². The monoisotopic (exact) mass is 242 g/mol. The van der Waals surface area contributed by atoms with Gasteiger partial charge >= 0.3 is 0 Å². The zero-order chi connectivity index (χ0) is 12.7. The van der Waals surface area contributed by atoms with Gasteiger partial charge in [-0.3, -0.25) is 4.79 Å². The first-order valence-corrected chi connectivity index (χ1v) is 6.69. The highest BCUT2D eigenvalue weighted by Gasteiger charge is 2.20. The van der Waals surface area contributed by atoms with Gasteiger partial charge in [0.2, 0.25) is 5.91 Å². The van der Waals surface area contributed by atoms with Crippen LogP contribution in [0.4, 0.5) is 0 Å². The fourth-order valence-electron chi connectivity index (χ4n) is 2.22. The number of hydrogen-bond acceptors (Lipinski definition) is 3. The van der Waals surface area contributed by atoms with Crippen LogP contribution in [0.2, 0.25) is 0 Å². The molecule has 1 unspecified atom stereocenters. The summed E-state index contributed by atoms with van der Waals surface area (Å²) >= 11 is 0. The molecule has 0 aliphatic carbocycles. The number of carbonyl (C=O) groups excluding carboxylic acids is 1. The smallest absolute Gasteiger partial charge is 0.224 e. The Bertz CT molecular complexity index is 225. The van der Waals surface area contributed by atoms with E-state index in [1.165, 1.54) is 0 Å². The molecule has 1 aliphatic heterocycles. The Morgan fingerprint density at radius 3 is 2.59 bits per heavy atom. The minimum atomic E-state index is -0.0326. The first kappa shape index (κ1) is 14.5. The summed E-state index contributed by atoms with van der Waals surface area (Å²) in [5.74, 6) is 1.17. The SMILES string of the molecule is CC(C)CC(CN)C(=O)NCC1CCOCC1. The molecular formula is C13H26N2O2. The lowest BCUT2D eigenvalue weighted by Gasteiger charge is -2.23. The van der Waals surface area contributed by atoms with Crippen molar-refractivity contribution in [2.75, 3.05) is 26.3 Å². The van der Waals surface area contributed by atoms with Crippen molar-refractivity contribution in [1.82, 2.24) is 5.32 Å². The zero-order valence-electron chi connectivity index (χ0n) is 11.1. The summed E-state index contributed by atoms with van der Waals surface area (Å²) < 4.78 is 5.30. The molecule has 1 rings (SSSR count). The molecule has 0 aromatic carbocycles. The van der Waals surface area contributed by atoms with Gasteiger partial charge in [0.1, 0.15) is 0 Å². The van der Waals surface area contributed by atoms with Crippen LogP contribution in [0.1, 0.15) is 33.1 Å². The average molecular weight is 242 g/mol. The molecule has 1 heterocycles. The highest BCUT2D eigenvalue weighted by Crippen LogP contribution is 2.14. The Morgan fingerprint density at radius 1 is 1.41 bits per heavy atom. The van der Waals surface area contributed by atoms with Gasteiger partial charge in [-0.2, -0.15) is 0 Å². The molecule has 1 amide bonds. The van der Waals surface area contributed by atoms with E-state index in [9.17, 15) is 4.79 Å². The number of hydrogen-bond donors (Lipinski definition) is 2. The predicted octanol–water partition coefficient (Wildman–Crippen LogP) is 1.15. The van der Waals surface area contributed by atoms with Crippen molar-refractivity contribution in [2.24, 2.45) is 23.5 Å². The maximum atomic E-state index is 11.9. The Morgan fingerprint density at radius 2 is 2.06 bits per heavy atom. The van der Waals surface area contributed by atoms with Crippen LogP contribution >= 0.6 is 0 Å². The Kier molecular flexibility index (Phi) is 6.52. The van der Waals surface area contributed by atoms with Crippen molar-refractivity contribution < 1.29 is 9.53 Å². The highest BCUT2D eigenvalue weighted by molar-refractivity contribution is 5.78. The van der Waals surface area contributed by atoms with E-state index >= 15 is 0 Å². The van der Waals surface area contributed by atoms with Gasteiger partial charge < -0.3 is 15.8 Å². The third-order valence-corrected chi connectivity index (χ3v) is 3.32. The molecule has 0 aromatic heterocycles. The molecule has 3 N–H and O–H groups in total. The minimum absolute atomic E-state index is 0.0326. The molecule has 1 aliphatic rings. The fourth-order valence-corrected chi connectivity index (χ4v) is 2.22. The molecule has 1 saturated heterocycles.